The van der Waals surface area contributed by atoms with Crippen LogP contribution in [0, 0.1) is 27.7 Å². The summed E-state index contributed by atoms with van der Waals surface area (Å²) >= 11 is 0. The number of rotatable bonds is 5. The number of hydrogen-bond acceptors (Lipinski definition) is 5. The van der Waals surface area contributed by atoms with Crippen LogP contribution >= 0.6 is 0 Å². The highest BCUT2D eigenvalue weighted by Crippen LogP contribution is 2.43. The van der Waals surface area contributed by atoms with E-state index in [1.807, 2.05) is 45.9 Å². The summed E-state index contributed by atoms with van der Waals surface area (Å²) in [6.45, 7) is 9.94. The molecule has 3 aromatic rings. The van der Waals surface area contributed by atoms with Crippen molar-refractivity contribution in [2.75, 3.05) is 11.5 Å². The minimum Gasteiger partial charge on any atom is -0.507 e. The number of aliphatic hydroxyl groups is 1. The van der Waals surface area contributed by atoms with Crippen LogP contribution in [0.4, 0.5) is 5.69 Å². The molecule has 0 aliphatic carbocycles. The molecule has 1 aliphatic rings. The van der Waals surface area contributed by atoms with Crippen molar-refractivity contribution in [3.8, 4) is 5.75 Å². The van der Waals surface area contributed by atoms with Gasteiger partial charge in [0.1, 0.15) is 29.1 Å². The van der Waals surface area contributed by atoms with E-state index in [-0.39, 0.29) is 11.3 Å². The topological polar surface area (TPSA) is 80.0 Å². The Morgan fingerprint density at radius 2 is 1.70 bits per heavy atom. The Kier molecular flexibility index (Phi) is 5.85. The van der Waals surface area contributed by atoms with Crippen LogP contribution < -0.4 is 9.64 Å². The lowest BCUT2D eigenvalue weighted by Crippen LogP contribution is -2.29. The molecule has 1 aliphatic heterocycles. The number of furan rings is 1. The summed E-state index contributed by atoms with van der Waals surface area (Å²) in [5, 5.41) is 11.3. The van der Waals surface area contributed by atoms with Crippen molar-refractivity contribution >= 4 is 23.1 Å². The van der Waals surface area contributed by atoms with Crippen LogP contribution in [0.2, 0.25) is 0 Å². The van der Waals surface area contributed by atoms with Crippen molar-refractivity contribution in [3.63, 3.8) is 0 Å². The second kappa shape index (κ2) is 8.62. The Hall–Kier alpha value is -3.80. The predicted octanol–water partition coefficient (Wildman–Crippen LogP) is 5.54. The van der Waals surface area contributed by atoms with E-state index >= 15 is 0 Å². The maximum atomic E-state index is 13.2. The molecule has 2 heterocycles. The average Bonchev–Trinajstić information content (AvgIpc) is 3.29. The predicted molar refractivity (Wildman–Crippen MR) is 126 cm³/mol. The number of Topliss-reactive ketones (excluding diaryl/α,β-unsaturated/α-hetero) is 1. The zero-order valence-corrected chi connectivity index (χ0v) is 19.4. The Balaban J connectivity index is 1.92. The molecule has 0 bridgehead atoms. The molecule has 0 radical (unpaired) electrons. The van der Waals surface area contributed by atoms with Gasteiger partial charge in [0.2, 0.25) is 0 Å². The Morgan fingerprint density at radius 1 is 1.00 bits per heavy atom. The van der Waals surface area contributed by atoms with E-state index in [4.69, 9.17) is 9.15 Å². The minimum absolute atomic E-state index is 0.00271. The number of aliphatic hydroxyl groups excluding tert-OH is 1. The molecule has 1 saturated heterocycles. The molecule has 2 aromatic carbocycles. The van der Waals surface area contributed by atoms with Crippen molar-refractivity contribution < 1.29 is 23.8 Å². The number of aryl methyl sites for hydroxylation is 4. The Bertz CT molecular complexity index is 1260. The van der Waals surface area contributed by atoms with Gasteiger partial charge in [0.15, 0.2) is 0 Å². The van der Waals surface area contributed by atoms with Crippen LogP contribution in [0.25, 0.3) is 5.76 Å². The molecule has 4 rings (SSSR count). The number of nitrogens with zero attached hydrogens (tertiary/aromatic N) is 1. The van der Waals surface area contributed by atoms with Crippen molar-refractivity contribution in [1.82, 2.24) is 0 Å². The summed E-state index contributed by atoms with van der Waals surface area (Å²) in [6, 6.07) is 13.5. The lowest BCUT2D eigenvalue weighted by atomic mass is 9.98. The molecule has 1 N–H and O–H groups in total. The molecule has 0 saturated carbocycles. The Labute approximate surface area is 193 Å². The molecule has 6 nitrogen and oxygen atoms in total. The maximum Gasteiger partial charge on any atom is 0.300 e. The minimum atomic E-state index is -0.883. The van der Waals surface area contributed by atoms with E-state index in [1.54, 1.807) is 37.3 Å². The highest BCUT2D eigenvalue weighted by atomic mass is 16.5. The fourth-order valence-electron chi connectivity index (χ4n) is 4.33. The van der Waals surface area contributed by atoms with E-state index in [0.29, 0.717) is 35.1 Å². The van der Waals surface area contributed by atoms with E-state index in [2.05, 4.69) is 0 Å². The average molecular weight is 446 g/mol. The van der Waals surface area contributed by atoms with Gasteiger partial charge in [0, 0.05) is 11.3 Å². The van der Waals surface area contributed by atoms with Gasteiger partial charge in [0.25, 0.3) is 11.7 Å². The zero-order chi connectivity index (χ0) is 23.9. The normalized spacial score (nSPS) is 17.6. The van der Waals surface area contributed by atoms with Gasteiger partial charge in [-0.2, -0.15) is 0 Å². The van der Waals surface area contributed by atoms with E-state index in [1.165, 1.54) is 4.90 Å². The van der Waals surface area contributed by atoms with E-state index in [0.717, 1.165) is 16.7 Å². The van der Waals surface area contributed by atoms with Crippen LogP contribution in [0.3, 0.4) is 0 Å². The van der Waals surface area contributed by atoms with Gasteiger partial charge < -0.3 is 14.3 Å². The highest BCUT2D eigenvalue weighted by Gasteiger charge is 2.48. The first kappa shape index (κ1) is 22.4. The number of ether oxygens (including phenoxy) is 1. The smallest absolute Gasteiger partial charge is 0.300 e. The highest BCUT2D eigenvalue weighted by molar-refractivity contribution is 6.51. The van der Waals surface area contributed by atoms with Crippen molar-refractivity contribution in [3.05, 3.63) is 87.9 Å². The molecule has 6 heteroatoms. The molecular formula is C27H27NO5. The fourth-order valence-corrected chi connectivity index (χ4v) is 4.33. The third-order valence-electron chi connectivity index (χ3n) is 5.71. The molecular weight excluding hydrogens is 418 g/mol. The van der Waals surface area contributed by atoms with E-state index in [9.17, 15) is 14.7 Å². The molecule has 1 fully saturated rings. The monoisotopic (exact) mass is 445 g/mol. The van der Waals surface area contributed by atoms with Gasteiger partial charge in [-0.1, -0.05) is 6.07 Å². The summed E-state index contributed by atoms with van der Waals surface area (Å²) in [4.78, 5) is 27.9. The van der Waals surface area contributed by atoms with Crippen molar-refractivity contribution in [1.29, 1.82) is 0 Å². The molecule has 1 aromatic heterocycles. The quantitative estimate of drug-likeness (QED) is 0.317. The lowest BCUT2D eigenvalue weighted by molar-refractivity contribution is -0.132. The molecule has 33 heavy (non-hydrogen) atoms. The van der Waals surface area contributed by atoms with Crippen LogP contribution in [0.1, 0.15) is 46.7 Å². The molecule has 0 spiro atoms. The maximum absolute atomic E-state index is 13.2. The van der Waals surface area contributed by atoms with Crippen molar-refractivity contribution in [2.45, 2.75) is 40.7 Å². The third kappa shape index (κ3) is 4.04. The second-order valence-electron chi connectivity index (χ2n) is 8.38. The third-order valence-corrected chi connectivity index (χ3v) is 5.71. The van der Waals surface area contributed by atoms with Gasteiger partial charge in [0.05, 0.1) is 12.2 Å². The number of ketones is 1. The van der Waals surface area contributed by atoms with Crippen LogP contribution in [-0.4, -0.2) is 23.4 Å². The number of amides is 1. The number of carbonyl (C=O) groups is 2. The first-order valence-electron chi connectivity index (χ1n) is 10.9. The summed E-state index contributed by atoms with van der Waals surface area (Å²) < 4.78 is 11.4. The number of benzene rings is 2. The molecule has 1 atom stereocenters. The standard InChI is InChI=1S/C27H27NO5/c1-6-32-21-10-8-19(14-17(21)4)25(29)23-24(22-9-7-18(5)33-22)28(27(31)26(23)30)20-12-15(2)11-16(3)13-20/h7-14,24,29H,6H2,1-5H3/b25-23-. The van der Waals surface area contributed by atoms with Crippen LogP contribution in [0.15, 0.2) is 58.5 Å². The van der Waals surface area contributed by atoms with Gasteiger partial charge in [-0.3, -0.25) is 14.5 Å². The van der Waals surface area contributed by atoms with Gasteiger partial charge in [-0.25, -0.2) is 0 Å². The van der Waals surface area contributed by atoms with Crippen LogP contribution in [0.5, 0.6) is 5.75 Å². The largest absolute Gasteiger partial charge is 0.507 e. The van der Waals surface area contributed by atoms with Gasteiger partial charge >= 0.3 is 0 Å². The van der Waals surface area contributed by atoms with E-state index < -0.39 is 17.7 Å². The van der Waals surface area contributed by atoms with Gasteiger partial charge in [-0.05, 0) is 93.8 Å². The number of hydrogen-bond donors (Lipinski definition) is 1. The summed E-state index contributed by atoms with van der Waals surface area (Å²) in [5.74, 6) is 0.0527. The first-order chi connectivity index (χ1) is 15.7. The lowest BCUT2D eigenvalue weighted by Gasteiger charge is -2.24. The van der Waals surface area contributed by atoms with Crippen molar-refractivity contribution in [2.24, 2.45) is 0 Å². The summed E-state index contributed by atoms with van der Waals surface area (Å²) in [5.41, 5.74) is 3.75. The second-order valence-corrected chi connectivity index (χ2v) is 8.38. The molecule has 1 amide bonds. The zero-order valence-electron chi connectivity index (χ0n) is 19.4. The van der Waals surface area contributed by atoms with Crippen LogP contribution in [-0.2, 0) is 9.59 Å². The fraction of sp³-hybridized carbons (Fsp3) is 0.259. The Morgan fingerprint density at radius 3 is 2.27 bits per heavy atom. The summed E-state index contributed by atoms with van der Waals surface area (Å²) in [6.07, 6.45) is 0. The SMILES string of the molecule is CCOc1ccc(/C(O)=C2/C(=O)C(=O)N(c3cc(C)cc(C)c3)C2c2ccc(C)o2)cc1C. The number of carbonyl (C=O) groups excluding carboxylic acids is 2. The van der Waals surface area contributed by atoms with Gasteiger partial charge in [-0.15, -0.1) is 0 Å². The summed E-state index contributed by atoms with van der Waals surface area (Å²) in [7, 11) is 0. The molecule has 170 valence electrons. The first-order valence-corrected chi connectivity index (χ1v) is 10.9. The number of anilines is 1. The molecule has 1 unspecified atom stereocenters.